The normalized spacial score (nSPS) is 29.5. The highest BCUT2D eigenvalue weighted by Gasteiger charge is 2.49. The molecule has 0 spiro atoms. The van der Waals surface area contributed by atoms with Crippen LogP contribution < -0.4 is 5.32 Å². The van der Waals surface area contributed by atoms with E-state index in [2.05, 4.69) is 53.8 Å². The molecule has 0 amide bonds. The van der Waals surface area contributed by atoms with Crippen LogP contribution in [0.15, 0.2) is 0 Å². The highest BCUT2D eigenvalue weighted by Crippen LogP contribution is 2.43. The van der Waals surface area contributed by atoms with E-state index in [0.717, 1.165) is 13.0 Å². The van der Waals surface area contributed by atoms with Crippen LogP contribution in [0.3, 0.4) is 0 Å². The summed E-state index contributed by atoms with van der Waals surface area (Å²) in [6, 6.07) is 1.20. The van der Waals surface area contributed by atoms with Crippen LogP contribution in [0.1, 0.15) is 54.9 Å². The first kappa shape index (κ1) is 15.0. The number of hydrogen-bond donors (Lipinski definition) is 1. The van der Waals surface area contributed by atoms with Crippen LogP contribution in [0.2, 0.25) is 0 Å². The van der Waals surface area contributed by atoms with Crippen LogP contribution in [-0.4, -0.2) is 24.8 Å². The number of nitrogens with one attached hydrogen (secondary N) is 1. The maximum Gasteiger partial charge on any atom is 0.0656 e. The highest BCUT2D eigenvalue weighted by atomic mass is 16.5. The first-order valence-electron chi connectivity index (χ1n) is 7.12. The molecule has 1 rings (SSSR count). The molecule has 102 valence electrons. The zero-order chi connectivity index (χ0) is 13.2. The van der Waals surface area contributed by atoms with Crippen LogP contribution in [0, 0.1) is 17.3 Å². The Hall–Kier alpha value is -0.0800. The molecule has 0 bridgehead atoms. The molecule has 0 aromatic heterocycles. The topological polar surface area (TPSA) is 21.3 Å². The maximum atomic E-state index is 5.99. The molecule has 1 aliphatic rings. The van der Waals surface area contributed by atoms with Gasteiger partial charge in [0.2, 0.25) is 0 Å². The molecule has 2 nitrogen and oxygen atoms in total. The van der Waals surface area contributed by atoms with Crippen LogP contribution in [0.5, 0.6) is 0 Å². The van der Waals surface area contributed by atoms with Crippen molar-refractivity contribution in [2.75, 3.05) is 6.61 Å². The van der Waals surface area contributed by atoms with Gasteiger partial charge < -0.3 is 10.1 Å². The first-order valence-corrected chi connectivity index (χ1v) is 7.12. The van der Waals surface area contributed by atoms with Gasteiger partial charge in [0, 0.05) is 24.1 Å². The second-order valence-corrected chi connectivity index (χ2v) is 7.02. The number of ether oxygens (including phenoxy) is 1. The predicted molar refractivity (Wildman–Crippen MR) is 74.2 cm³/mol. The van der Waals surface area contributed by atoms with Gasteiger partial charge in [-0.1, -0.05) is 41.5 Å². The third-order valence-electron chi connectivity index (χ3n) is 4.27. The van der Waals surface area contributed by atoms with Crippen molar-refractivity contribution < 1.29 is 4.74 Å². The van der Waals surface area contributed by atoms with E-state index in [1.54, 1.807) is 0 Å². The lowest BCUT2D eigenvalue weighted by molar-refractivity contribution is -0.126. The van der Waals surface area contributed by atoms with E-state index >= 15 is 0 Å². The van der Waals surface area contributed by atoms with E-state index in [9.17, 15) is 0 Å². The molecule has 1 N–H and O–H groups in total. The summed E-state index contributed by atoms with van der Waals surface area (Å²) in [5, 5.41) is 3.74. The van der Waals surface area contributed by atoms with E-state index in [4.69, 9.17) is 4.74 Å². The van der Waals surface area contributed by atoms with Gasteiger partial charge in [-0.25, -0.2) is 0 Å². The molecular formula is C15H31NO. The molecular weight excluding hydrogens is 210 g/mol. The standard InChI is InChI=1S/C15H31NO/c1-10(2)9-17-14-8-13(15(14,6)7)16-12(5)11(3)4/h10-14,16H,8-9H2,1-7H3. The van der Waals surface area contributed by atoms with Gasteiger partial charge in [0.05, 0.1) is 6.10 Å². The van der Waals surface area contributed by atoms with Gasteiger partial charge in [-0.3, -0.25) is 0 Å². The van der Waals surface area contributed by atoms with Gasteiger partial charge in [0.1, 0.15) is 0 Å². The largest absolute Gasteiger partial charge is 0.377 e. The van der Waals surface area contributed by atoms with Crippen molar-refractivity contribution >= 4 is 0 Å². The molecule has 0 heterocycles. The lowest BCUT2D eigenvalue weighted by Gasteiger charge is -2.53. The molecule has 3 atom stereocenters. The van der Waals surface area contributed by atoms with Gasteiger partial charge >= 0.3 is 0 Å². The summed E-state index contributed by atoms with van der Waals surface area (Å²) >= 11 is 0. The molecule has 1 aliphatic carbocycles. The summed E-state index contributed by atoms with van der Waals surface area (Å²) in [5.74, 6) is 1.33. The Bertz CT molecular complexity index is 235. The summed E-state index contributed by atoms with van der Waals surface area (Å²) in [6.45, 7) is 16.8. The molecule has 0 saturated heterocycles. The van der Waals surface area contributed by atoms with Crippen molar-refractivity contribution in [3.05, 3.63) is 0 Å². The minimum absolute atomic E-state index is 0.276. The maximum absolute atomic E-state index is 5.99. The molecule has 2 heteroatoms. The molecule has 0 aromatic carbocycles. The van der Waals surface area contributed by atoms with Gasteiger partial charge in [0.25, 0.3) is 0 Å². The first-order chi connectivity index (χ1) is 7.75. The molecule has 17 heavy (non-hydrogen) atoms. The van der Waals surface area contributed by atoms with Gasteiger partial charge in [0.15, 0.2) is 0 Å². The van der Waals surface area contributed by atoms with Crippen LogP contribution in [0.25, 0.3) is 0 Å². The fourth-order valence-corrected chi connectivity index (χ4v) is 2.27. The molecule has 0 radical (unpaired) electrons. The third kappa shape index (κ3) is 3.69. The summed E-state index contributed by atoms with van der Waals surface area (Å²) in [6.07, 6.45) is 1.60. The predicted octanol–water partition coefficient (Wildman–Crippen LogP) is 3.46. The monoisotopic (exact) mass is 241 g/mol. The Morgan fingerprint density at radius 2 is 1.76 bits per heavy atom. The minimum Gasteiger partial charge on any atom is -0.377 e. The second kappa shape index (κ2) is 5.71. The number of rotatable bonds is 6. The van der Waals surface area contributed by atoms with Crippen LogP contribution >= 0.6 is 0 Å². The third-order valence-corrected chi connectivity index (χ3v) is 4.27. The molecule has 1 saturated carbocycles. The van der Waals surface area contributed by atoms with E-state index < -0.39 is 0 Å². The van der Waals surface area contributed by atoms with Gasteiger partial charge in [-0.05, 0) is 25.2 Å². The molecule has 0 aromatic rings. The summed E-state index contributed by atoms with van der Waals surface area (Å²) < 4.78 is 5.99. The van der Waals surface area contributed by atoms with Crippen molar-refractivity contribution in [1.29, 1.82) is 0 Å². The van der Waals surface area contributed by atoms with E-state index in [-0.39, 0.29) is 5.41 Å². The quantitative estimate of drug-likeness (QED) is 0.769. The van der Waals surface area contributed by atoms with Crippen molar-refractivity contribution in [2.45, 2.75) is 73.1 Å². The average molecular weight is 241 g/mol. The summed E-state index contributed by atoms with van der Waals surface area (Å²) in [5.41, 5.74) is 0.276. The van der Waals surface area contributed by atoms with Crippen molar-refractivity contribution in [1.82, 2.24) is 5.32 Å². The van der Waals surface area contributed by atoms with Crippen LogP contribution in [0.4, 0.5) is 0 Å². The van der Waals surface area contributed by atoms with Crippen molar-refractivity contribution in [3.8, 4) is 0 Å². The van der Waals surface area contributed by atoms with Gasteiger partial charge in [-0.15, -0.1) is 0 Å². The molecule has 3 unspecified atom stereocenters. The van der Waals surface area contributed by atoms with E-state index in [1.807, 2.05) is 0 Å². The average Bonchev–Trinajstić information content (AvgIpc) is 2.21. The highest BCUT2D eigenvalue weighted by molar-refractivity contribution is 5.03. The van der Waals surface area contributed by atoms with E-state index in [1.165, 1.54) is 0 Å². The fourth-order valence-electron chi connectivity index (χ4n) is 2.27. The lowest BCUT2D eigenvalue weighted by atomic mass is 9.64. The van der Waals surface area contributed by atoms with Crippen LogP contribution in [-0.2, 0) is 4.74 Å². The van der Waals surface area contributed by atoms with E-state index in [0.29, 0.717) is 30.0 Å². The summed E-state index contributed by atoms with van der Waals surface area (Å²) in [7, 11) is 0. The SMILES string of the molecule is CC(C)COC1CC(NC(C)C(C)C)C1(C)C. The Morgan fingerprint density at radius 1 is 1.18 bits per heavy atom. The fraction of sp³-hybridized carbons (Fsp3) is 1.00. The second-order valence-electron chi connectivity index (χ2n) is 7.02. The molecule has 1 fully saturated rings. The Kier molecular flexibility index (Phi) is 5.03. The van der Waals surface area contributed by atoms with Crippen molar-refractivity contribution in [3.63, 3.8) is 0 Å². The minimum atomic E-state index is 0.276. The zero-order valence-electron chi connectivity index (χ0n) is 12.7. The Morgan fingerprint density at radius 3 is 2.18 bits per heavy atom. The van der Waals surface area contributed by atoms with Crippen molar-refractivity contribution in [2.24, 2.45) is 17.3 Å². The molecule has 0 aliphatic heterocycles. The smallest absolute Gasteiger partial charge is 0.0656 e. The summed E-state index contributed by atoms with van der Waals surface area (Å²) in [4.78, 5) is 0. The Labute approximate surface area is 108 Å². The Balaban J connectivity index is 2.38. The lowest BCUT2D eigenvalue weighted by Crippen LogP contribution is -2.63. The zero-order valence-corrected chi connectivity index (χ0v) is 12.7. The van der Waals surface area contributed by atoms with Gasteiger partial charge in [-0.2, -0.15) is 0 Å². The number of hydrogen-bond acceptors (Lipinski definition) is 2.